The number of benzene rings is 1. The van der Waals surface area contributed by atoms with Crippen molar-refractivity contribution in [2.45, 2.75) is 0 Å². The lowest BCUT2D eigenvalue weighted by molar-refractivity contribution is 0.0652. The summed E-state index contributed by atoms with van der Waals surface area (Å²) in [6.45, 7) is 0. The quantitative estimate of drug-likeness (QED) is 0.780. The van der Waals surface area contributed by atoms with Gasteiger partial charge >= 0.3 is 5.97 Å². The maximum atomic E-state index is 10.8. The Morgan fingerprint density at radius 1 is 1.35 bits per heavy atom. The zero-order valence-corrected chi connectivity index (χ0v) is 8.45. The number of carbonyl (C=O) groups excluding carboxylic acids is 1. The average molecular weight is 233 g/mol. The molecule has 17 heavy (non-hydrogen) atoms. The summed E-state index contributed by atoms with van der Waals surface area (Å²) in [5.41, 5.74) is 0.782. The maximum Gasteiger partial charge on any atom is 0.374 e. The van der Waals surface area contributed by atoms with Crippen LogP contribution in [-0.4, -0.2) is 27.6 Å². The first-order chi connectivity index (χ1) is 8.11. The molecule has 2 rings (SSSR count). The lowest BCUT2D eigenvalue weighted by atomic mass is 10.0. The molecule has 0 saturated carbocycles. The Morgan fingerprint density at radius 3 is 2.71 bits per heavy atom. The van der Waals surface area contributed by atoms with E-state index in [1.54, 1.807) is 0 Å². The third-order valence-electron chi connectivity index (χ3n) is 2.16. The van der Waals surface area contributed by atoms with E-state index in [1.807, 2.05) is 0 Å². The van der Waals surface area contributed by atoms with E-state index < -0.39 is 5.97 Å². The van der Waals surface area contributed by atoms with Gasteiger partial charge in [-0.2, -0.15) is 0 Å². The number of rotatable bonds is 3. The molecule has 0 aliphatic rings. The molecule has 0 spiro atoms. The molecule has 1 heterocycles. The van der Waals surface area contributed by atoms with E-state index in [9.17, 15) is 14.7 Å². The first-order valence-corrected chi connectivity index (χ1v) is 4.60. The van der Waals surface area contributed by atoms with E-state index in [-0.39, 0.29) is 22.8 Å². The molecule has 0 aliphatic carbocycles. The second-order valence-electron chi connectivity index (χ2n) is 3.27. The van der Waals surface area contributed by atoms with E-state index >= 15 is 0 Å². The second kappa shape index (κ2) is 4.09. The highest BCUT2D eigenvalue weighted by atomic mass is 16.5. The Hall–Kier alpha value is -2.63. The summed E-state index contributed by atoms with van der Waals surface area (Å²) in [7, 11) is 0. The van der Waals surface area contributed by atoms with Crippen molar-refractivity contribution in [1.29, 1.82) is 0 Å². The van der Waals surface area contributed by atoms with E-state index in [0.717, 1.165) is 0 Å². The zero-order valence-electron chi connectivity index (χ0n) is 8.45. The lowest BCUT2D eigenvalue weighted by Crippen LogP contribution is -1.92. The smallest absolute Gasteiger partial charge is 0.374 e. The number of phenolic OH excluding ortho intramolecular Hbond substituents is 1. The molecule has 0 fully saturated rings. The van der Waals surface area contributed by atoms with Crippen molar-refractivity contribution in [2.24, 2.45) is 0 Å². The summed E-state index contributed by atoms with van der Waals surface area (Å²) < 4.78 is 4.57. The van der Waals surface area contributed by atoms with Gasteiger partial charge in [-0.15, -0.1) is 0 Å². The molecule has 0 unspecified atom stereocenters. The lowest BCUT2D eigenvalue weighted by Gasteiger charge is -2.00. The molecular weight excluding hydrogens is 226 g/mol. The molecule has 0 bridgehead atoms. The molecule has 0 atom stereocenters. The molecule has 1 aromatic carbocycles. The zero-order chi connectivity index (χ0) is 12.4. The van der Waals surface area contributed by atoms with Crippen molar-refractivity contribution < 1.29 is 24.3 Å². The van der Waals surface area contributed by atoms with Crippen molar-refractivity contribution in [3.05, 3.63) is 35.6 Å². The average Bonchev–Trinajstić information content (AvgIpc) is 2.78. The van der Waals surface area contributed by atoms with Crippen molar-refractivity contribution >= 4 is 12.3 Å². The Kier molecular flexibility index (Phi) is 2.61. The van der Waals surface area contributed by atoms with Crippen LogP contribution in [0.15, 0.2) is 28.8 Å². The van der Waals surface area contributed by atoms with Gasteiger partial charge in [-0.25, -0.2) is 4.79 Å². The number of aldehydes is 1. The van der Waals surface area contributed by atoms with Gasteiger partial charge in [0.05, 0.1) is 0 Å². The normalized spacial score (nSPS) is 10.1. The van der Waals surface area contributed by atoms with Crippen molar-refractivity contribution in [3.63, 3.8) is 0 Å². The summed E-state index contributed by atoms with van der Waals surface area (Å²) in [6.07, 6.45) is 0.587. The number of phenols is 1. The Labute approximate surface area is 95.1 Å². The van der Waals surface area contributed by atoms with Crippen LogP contribution in [-0.2, 0) is 0 Å². The van der Waals surface area contributed by atoms with Crippen LogP contribution in [0.3, 0.4) is 0 Å². The minimum absolute atomic E-state index is 0.0505. The molecule has 0 aliphatic heterocycles. The van der Waals surface area contributed by atoms with Gasteiger partial charge in [-0.05, 0) is 18.2 Å². The van der Waals surface area contributed by atoms with Crippen LogP contribution in [0.4, 0.5) is 0 Å². The molecule has 6 heteroatoms. The highest BCUT2D eigenvalue weighted by molar-refractivity contribution is 5.90. The van der Waals surface area contributed by atoms with Gasteiger partial charge in [0.25, 0.3) is 0 Å². The highest BCUT2D eigenvalue weighted by Gasteiger charge is 2.15. The number of aromatic carboxylic acids is 1. The van der Waals surface area contributed by atoms with Crippen molar-refractivity contribution in [3.8, 4) is 17.0 Å². The first kappa shape index (κ1) is 10.9. The highest BCUT2D eigenvalue weighted by Crippen LogP contribution is 2.26. The van der Waals surface area contributed by atoms with Gasteiger partial charge in [0.1, 0.15) is 11.4 Å². The van der Waals surface area contributed by atoms with Crippen LogP contribution in [0, 0.1) is 0 Å². The number of nitrogens with zero attached hydrogens (tertiary/aromatic N) is 1. The molecule has 6 nitrogen and oxygen atoms in total. The minimum atomic E-state index is -1.25. The largest absolute Gasteiger partial charge is 0.508 e. The van der Waals surface area contributed by atoms with Crippen LogP contribution in [0.2, 0.25) is 0 Å². The SMILES string of the molecule is O=Cc1ccc(O)cc1-c1cc(C(=O)O)on1. The molecule has 0 amide bonds. The predicted molar refractivity (Wildman–Crippen MR) is 56.0 cm³/mol. The predicted octanol–water partition coefficient (Wildman–Crippen LogP) is 1.56. The standard InChI is InChI=1S/C11H7NO5/c13-5-6-1-2-7(14)3-8(6)9-4-10(11(15)16)17-12-9/h1-5,14H,(H,15,16). The van der Waals surface area contributed by atoms with Gasteiger partial charge in [0.15, 0.2) is 6.29 Å². The third kappa shape index (κ3) is 2.00. The number of carboxylic acid groups (broad SMARTS) is 1. The van der Waals surface area contributed by atoms with Crippen molar-refractivity contribution in [2.75, 3.05) is 0 Å². The molecule has 0 saturated heterocycles. The van der Waals surface area contributed by atoms with Gasteiger partial charge in [-0.3, -0.25) is 4.79 Å². The first-order valence-electron chi connectivity index (χ1n) is 4.60. The molecule has 2 N–H and O–H groups in total. The molecule has 0 radical (unpaired) electrons. The summed E-state index contributed by atoms with van der Waals surface area (Å²) in [5, 5.41) is 21.5. The topological polar surface area (TPSA) is 101 Å². The van der Waals surface area contributed by atoms with Crippen LogP contribution in [0.1, 0.15) is 20.9 Å². The third-order valence-corrected chi connectivity index (χ3v) is 2.16. The monoisotopic (exact) mass is 233 g/mol. The fraction of sp³-hybridized carbons (Fsp3) is 0. The van der Waals surface area contributed by atoms with Gasteiger partial charge in [-0.1, -0.05) is 5.16 Å². The fourth-order valence-electron chi connectivity index (χ4n) is 1.37. The summed E-state index contributed by atoms with van der Waals surface area (Å²) in [4.78, 5) is 21.4. The number of carboxylic acids is 1. The van der Waals surface area contributed by atoms with Crippen molar-refractivity contribution in [1.82, 2.24) is 5.16 Å². The Balaban J connectivity index is 2.54. The van der Waals surface area contributed by atoms with E-state index in [2.05, 4.69) is 9.68 Å². The summed E-state index contributed by atoms with van der Waals surface area (Å²) >= 11 is 0. The summed E-state index contributed by atoms with van der Waals surface area (Å²) in [5.74, 6) is -1.64. The number of carbonyl (C=O) groups is 2. The summed E-state index contributed by atoms with van der Waals surface area (Å²) in [6, 6.07) is 5.26. The molecule has 86 valence electrons. The van der Waals surface area contributed by atoms with Crippen LogP contribution >= 0.6 is 0 Å². The van der Waals surface area contributed by atoms with E-state index in [0.29, 0.717) is 11.8 Å². The number of hydrogen-bond acceptors (Lipinski definition) is 5. The van der Waals surface area contributed by atoms with Crippen LogP contribution in [0.25, 0.3) is 11.3 Å². The van der Waals surface area contributed by atoms with Crippen LogP contribution < -0.4 is 0 Å². The van der Waals surface area contributed by atoms with Gasteiger partial charge in [0.2, 0.25) is 5.76 Å². The number of aromatic hydroxyl groups is 1. The maximum absolute atomic E-state index is 10.8. The molecule has 2 aromatic rings. The van der Waals surface area contributed by atoms with E-state index in [1.165, 1.54) is 24.3 Å². The molecule has 1 aromatic heterocycles. The second-order valence-corrected chi connectivity index (χ2v) is 3.27. The molecular formula is C11H7NO5. The fourth-order valence-corrected chi connectivity index (χ4v) is 1.37. The van der Waals surface area contributed by atoms with Gasteiger partial charge in [0, 0.05) is 17.2 Å². The van der Waals surface area contributed by atoms with E-state index in [4.69, 9.17) is 5.11 Å². The minimum Gasteiger partial charge on any atom is -0.508 e. The van der Waals surface area contributed by atoms with Crippen LogP contribution in [0.5, 0.6) is 5.75 Å². The number of aromatic nitrogens is 1. The van der Waals surface area contributed by atoms with Gasteiger partial charge < -0.3 is 14.7 Å². The Morgan fingerprint density at radius 2 is 2.12 bits per heavy atom. The number of hydrogen-bond donors (Lipinski definition) is 2. The Bertz CT molecular complexity index is 587.